The lowest BCUT2D eigenvalue weighted by molar-refractivity contribution is -0.0320. The van der Waals surface area contributed by atoms with Crippen molar-refractivity contribution in [2.45, 2.75) is 57.9 Å². The third kappa shape index (κ3) is 2.13. The third-order valence-electron chi connectivity index (χ3n) is 7.34. The Kier molecular flexibility index (Phi) is 3.22. The predicted octanol–water partition coefficient (Wildman–Crippen LogP) is 4.01. The highest BCUT2D eigenvalue weighted by Crippen LogP contribution is 2.65. The number of nitrogens with one attached hydrogen (secondary N) is 2. The summed E-state index contributed by atoms with van der Waals surface area (Å²) in [6.07, 6.45) is 5.71. The molecule has 1 aromatic carbocycles. The van der Waals surface area contributed by atoms with Gasteiger partial charge in [0.05, 0.1) is 5.69 Å². The van der Waals surface area contributed by atoms with Gasteiger partial charge in [-0.25, -0.2) is 0 Å². The molecule has 0 spiro atoms. The lowest BCUT2D eigenvalue weighted by atomic mass is 9.43. The fraction of sp³-hybridized carbons (Fsp3) is 0.478. The van der Waals surface area contributed by atoms with Gasteiger partial charge in [-0.2, -0.15) is 5.10 Å². The molecule has 2 N–H and O–H groups in total. The molecule has 3 heterocycles. The van der Waals surface area contributed by atoms with Gasteiger partial charge in [-0.05, 0) is 61.8 Å². The SMILES string of the molecule is CCc1cc(C)cc2[nH]c(C(=O)N3CCc4[nH]nc(C56CC(C5)C6)c4C3)cc12. The maximum Gasteiger partial charge on any atom is 0.270 e. The van der Waals surface area contributed by atoms with E-state index < -0.39 is 0 Å². The Balaban J connectivity index is 1.32. The number of nitrogens with zero attached hydrogens (tertiary/aromatic N) is 2. The lowest BCUT2D eigenvalue weighted by Crippen LogP contribution is -2.56. The molecule has 7 rings (SSSR count). The molecule has 2 aromatic heterocycles. The molecule has 1 aliphatic heterocycles. The summed E-state index contributed by atoms with van der Waals surface area (Å²) in [6, 6.07) is 6.40. The van der Waals surface area contributed by atoms with E-state index >= 15 is 0 Å². The van der Waals surface area contributed by atoms with Crippen molar-refractivity contribution < 1.29 is 4.79 Å². The van der Waals surface area contributed by atoms with Crippen molar-refractivity contribution in [3.63, 3.8) is 0 Å². The molecule has 3 aromatic rings. The van der Waals surface area contributed by atoms with Crippen molar-refractivity contribution in [2.75, 3.05) is 6.54 Å². The van der Waals surface area contributed by atoms with Gasteiger partial charge in [0.25, 0.3) is 5.91 Å². The van der Waals surface area contributed by atoms with Crippen LogP contribution in [-0.2, 0) is 24.8 Å². The minimum Gasteiger partial charge on any atom is -0.351 e. The van der Waals surface area contributed by atoms with Gasteiger partial charge >= 0.3 is 0 Å². The average Bonchev–Trinajstić information content (AvgIpc) is 3.22. The van der Waals surface area contributed by atoms with Gasteiger partial charge in [-0.1, -0.05) is 13.0 Å². The second-order valence-corrected chi connectivity index (χ2v) is 9.19. The standard InChI is InChI=1S/C23H26N4O/c1-3-15-6-13(2)7-19-16(15)8-20(24-19)22(28)27-5-4-18-17(12-27)21(26-25-18)23-9-14(10-23)11-23/h6-8,14,24H,3-5,9-12H2,1-2H3,(H,25,26). The van der Waals surface area contributed by atoms with E-state index in [2.05, 4.69) is 36.1 Å². The maximum absolute atomic E-state index is 13.3. The van der Waals surface area contributed by atoms with E-state index in [0.717, 1.165) is 30.8 Å². The molecule has 4 aliphatic rings. The Morgan fingerprint density at radius 2 is 2.11 bits per heavy atom. The normalized spacial score (nSPS) is 25.4. The zero-order chi connectivity index (χ0) is 19.0. The van der Waals surface area contributed by atoms with Crippen LogP contribution in [0.25, 0.3) is 10.9 Å². The van der Waals surface area contributed by atoms with Crippen molar-refractivity contribution in [3.05, 3.63) is 52.0 Å². The van der Waals surface area contributed by atoms with E-state index in [1.165, 1.54) is 52.7 Å². The predicted molar refractivity (Wildman–Crippen MR) is 108 cm³/mol. The first-order valence-electron chi connectivity index (χ1n) is 10.5. The smallest absolute Gasteiger partial charge is 0.270 e. The summed E-state index contributed by atoms with van der Waals surface area (Å²) in [5.74, 6) is 1.03. The molecule has 0 unspecified atom stereocenters. The van der Waals surface area contributed by atoms with Crippen LogP contribution >= 0.6 is 0 Å². The Morgan fingerprint density at radius 1 is 1.29 bits per heavy atom. The molecular formula is C23H26N4O. The van der Waals surface area contributed by atoms with Crippen LogP contribution in [0.15, 0.2) is 18.2 Å². The Bertz CT molecular complexity index is 1100. The van der Waals surface area contributed by atoms with Crippen molar-refractivity contribution >= 4 is 16.8 Å². The number of rotatable bonds is 3. The summed E-state index contributed by atoms with van der Waals surface area (Å²) >= 11 is 0. The van der Waals surface area contributed by atoms with Crippen molar-refractivity contribution in [3.8, 4) is 0 Å². The van der Waals surface area contributed by atoms with E-state index in [4.69, 9.17) is 5.10 Å². The third-order valence-corrected chi connectivity index (χ3v) is 7.34. The highest BCUT2D eigenvalue weighted by atomic mass is 16.2. The van der Waals surface area contributed by atoms with Gasteiger partial charge in [0.15, 0.2) is 0 Å². The molecule has 0 radical (unpaired) electrons. The molecule has 3 saturated carbocycles. The molecule has 0 atom stereocenters. The van der Waals surface area contributed by atoms with E-state index in [9.17, 15) is 4.79 Å². The number of aromatic nitrogens is 3. The number of fused-ring (bicyclic) bond motifs is 2. The number of carbonyl (C=O) groups excluding carboxylic acids is 1. The van der Waals surface area contributed by atoms with Gasteiger partial charge in [-0.15, -0.1) is 0 Å². The second kappa shape index (κ2) is 5.49. The molecule has 144 valence electrons. The van der Waals surface area contributed by atoms with Gasteiger partial charge in [-0.3, -0.25) is 9.89 Å². The van der Waals surface area contributed by atoms with E-state index in [-0.39, 0.29) is 5.91 Å². The van der Waals surface area contributed by atoms with Crippen LogP contribution in [0.2, 0.25) is 0 Å². The molecule has 0 saturated heterocycles. The van der Waals surface area contributed by atoms with E-state index in [1.807, 2.05) is 11.0 Å². The van der Waals surface area contributed by atoms with Crippen LogP contribution in [0.1, 0.15) is 64.8 Å². The average molecular weight is 374 g/mol. The number of amides is 1. The fourth-order valence-electron chi connectivity index (χ4n) is 5.73. The molecule has 3 aliphatic carbocycles. The zero-order valence-electron chi connectivity index (χ0n) is 16.6. The first-order chi connectivity index (χ1) is 13.6. The number of benzene rings is 1. The maximum atomic E-state index is 13.3. The topological polar surface area (TPSA) is 64.8 Å². The quantitative estimate of drug-likeness (QED) is 0.727. The second-order valence-electron chi connectivity index (χ2n) is 9.19. The number of H-pyrrole nitrogens is 2. The first kappa shape index (κ1) is 16.4. The molecule has 3 fully saturated rings. The number of hydrogen-bond acceptors (Lipinski definition) is 2. The molecule has 28 heavy (non-hydrogen) atoms. The number of aryl methyl sites for hydroxylation is 2. The first-order valence-corrected chi connectivity index (χ1v) is 10.5. The van der Waals surface area contributed by atoms with E-state index in [1.54, 1.807) is 0 Å². The molecular weight excluding hydrogens is 348 g/mol. The number of aromatic amines is 2. The summed E-state index contributed by atoms with van der Waals surface area (Å²) < 4.78 is 0. The monoisotopic (exact) mass is 374 g/mol. The van der Waals surface area contributed by atoms with Crippen LogP contribution in [0, 0.1) is 12.8 Å². The molecule has 5 nitrogen and oxygen atoms in total. The summed E-state index contributed by atoms with van der Waals surface area (Å²) in [4.78, 5) is 18.7. The Morgan fingerprint density at radius 3 is 2.82 bits per heavy atom. The minimum atomic E-state index is 0.103. The highest BCUT2D eigenvalue weighted by Gasteiger charge is 2.59. The number of carbonyl (C=O) groups is 1. The van der Waals surface area contributed by atoms with E-state index in [0.29, 0.717) is 17.7 Å². The highest BCUT2D eigenvalue weighted by molar-refractivity contribution is 5.99. The van der Waals surface area contributed by atoms with Gasteiger partial charge < -0.3 is 9.88 Å². The van der Waals surface area contributed by atoms with Gasteiger partial charge in [0.1, 0.15) is 5.69 Å². The van der Waals surface area contributed by atoms with Crippen LogP contribution in [-0.4, -0.2) is 32.5 Å². The summed E-state index contributed by atoms with van der Waals surface area (Å²) in [7, 11) is 0. The van der Waals surface area contributed by atoms with Crippen LogP contribution < -0.4 is 0 Å². The largest absolute Gasteiger partial charge is 0.351 e. The van der Waals surface area contributed by atoms with Crippen LogP contribution in [0.5, 0.6) is 0 Å². The summed E-state index contributed by atoms with van der Waals surface area (Å²) in [5, 5.41) is 9.14. The van der Waals surface area contributed by atoms with Crippen molar-refractivity contribution in [1.82, 2.24) is 20.1 Å². The Labute approximate surface area is 164 Å². The lowest BCUT2D eigenvalue weighted by Gasteiger charge is -2.61. The summed E-state index contributed by atoms with van der Waals surface area (Å²) in [5.41, 5.74) is 8.41. The minimum absolute atomic E-state index is 0.103. The number of hydrogen-bond donors (Lipinski definition) is 2. The Hall–Kier alpha value is -2.56. The summed E-state index contributed by atoms with van der Waals surface area (Å²) in [6.45, 7) is 5.71. The molecule has 5 heteroatoms. The molecule has 1 amide bonds. The van der Waals surface area contributed by atoms with Gasteiger partial charge in [0, 0.05) is 47.1 Å². The van der Waals surface area contributed by atoms with Crippen molar-refractivity contribution in [1.29, 1.82) is 0 Å². The van der Waals surface area contributed by atoms with Crippen LogP contribution in [0.3, 0.4) is 0 Å². The van der Waals surface area contributed by atoms with Crippen LogP contribution in [0.4, 0.5) is 0 Å². The molecule has 2 bridgehead atoms. The van der Waals surface area contributed by atoms with Crippen molar-refractivity contribution in [2.24, 2.45) is 5.92 Å². The fourth-order valence-corrected chi connectivity index (χ4v) is 5.73. The zero-order valence-corrected chi connectivity index (χ0v) is 16.6. The van der Waals surface area contributed by atoms with Gasteiger partial charge in [0.2, 0.25) is 0 Å².